The fourth-order valence-corrected chi connectivity index (χ4v) is 11.5. The molecule has 0 unspecified atom stereocenters. The Morgan fingerprint density at radius 3 is 1.73 bits per heavy atom. The van der Waals surface area contributed by atoms with Gasteiger partial charge in [-0.2, -0.15) is 0 Å². The molecule has 0 bridgehead atoms. The van der Waals surface area contributed by atoms with Crippen molar-refractivity contribution in [2.45, 2.75) is 12.2 Å². The fourth-order valence-electron chi connectivity index (χ4n) is 2.78. The molecule has 3 heterocycles. The zero-order chi connectivity index (χ0) is 15.4. The van der Waals surface area contributed by atoms with Crippen LogP contribution in [0.2, 0.25) is 5.25 Å². The van der Waals surface area contributed by atoms with E-state index < -0.39 is 13.3 Å². The van der Waals surface area contributed by atoms with E-state index in [2.05, 4.69) is 0 Å². The van der Waals surface area contributed by atoms with Crippen molar-refractivity contribution < 1.29 is 18.0 Å². The molecule has 0 saturated carbocycles. The van der Waals surface area contributed by atoms with E-state index in [1.807, 2.05) is 43.3 Å². The summed E-state index contributed by atoms with van der Waals surface area (Å²) in [6, 6.07) is 11.5. The van der Waals surface area contributed by atoms with Gasteiger partial charge in [0.1, 0.15) is 0 Å². The molecule has 0 fully saturated rings. The molecule has 3 aromatic rings. The number of carbonyl (C=O) groups excluding carboxylic acids is 1. The third kappa shape index (κ3) is 2.50. The van der Waals surface area contributed by atoms with Crippen LogP contribution in [-0.2, 0) is 4.79 Å². The summed E-state index contributed by atoms with van der Waals surface area (Å²) in [5.41, 5.74) is 0.985. The van der Waals surface area contributed by atoms with Gasteiger partial charge >= 0.3 is 130 Å². The number of hydrogen-bond donors (Lipinski definition) is 0. The molecule has 112 valence electrons. The predicted molar refractivity (Wildman–Crippen MR) is 85.4 cm³/mol. The summed E-state index contributed by atoms with van der Waals surface area (Å²) in [4.78, 5) is 10.8. The van der Waals surface area contributed by atoms with Crippen molar-refractivity contribution in [3.63, 3.8) is 0 Å². The second-order valence-corrected chi connectivity index (χ2v) is 12.8. The third-order valence-electron chi connectivity index (χ3n) is 3.72. The molecule has 3 aromatic heterocycles. The maximum atomic E-state index is 10.8. The first-order chi connectivity index (χ1) is 10.8. The number of furan rings is 3. The third-order valence-corrected chi connectivity index (χ3v) is 13.1. The molecule has 4 nitrogen and oxygen atoms in total. The molecule has 0 amide bonds. The van der Waals surface area contributed by atoms with Crippen molar-refractivity contribution in [3.05, 3.63) is 66.8 Å². The van der Waals surface area contributed by atoms with Crippen LogP contribution in [0.5, 0.6) is 0 Å². The molecule has 3 rings (SSSR count). The number of hydrogen-bond acceptors (Lipinski definition) is 4. The second kappa shape index (κ2) is 6.27. The summed E-state index contributed by atoms with van der Waals surface area (Å²) in [7, 11) is 0. The quantitative estimate of drug-likeness (QED) is 0.385. The van der Waals surface area contributed by atoms with Crippen molar-refractivity contribution in [1.82, 2.24) is 0 Å². The molecule has 22 heavy (non-hydrogen) atoms. The molecule has 0 aliphatic heterocycles. The number of carbonyl (C=O) groups is 1. The van der Waals surface area contributed by atoms with Crippen LogP contribution in [0.1, 0.15) is 6.92 Å². The first kappa shape index (κ1) is 14.7. The zero-order valence-corrected chi connectivity index (χ0v) is 14.3. The van der Waals surface area contributed by atoms with Gasteiger partial charge in [0.15, 0.2) is 0 Å². The summed E-state index contributed by atoms with van der Waals surface area (Å²) >= 11 is -3.25. The number of aldehydes is 1. The van der Waals surface area contributed by atoms with Crippen LogP contribution >= 0.6 is 0 Å². The van der Waals surface area contributed by atoms with Crippen LogP contribution < -0.4 is 13.8 Å². The summed E-state index contributed by atoms with van der Waals surface area (Å²) in [5, 5.41) is 0.702. The van der Waals surface area contributed by atoms with Gasteiger partial charge in [-0.15, -0.1) is 0 Å². The molecule has 0 N–H and O–H groups in total. The van der Waals surface area contributed by atoms with E-state index in [0.29, 0.717) is 5.25 Å². The Kier molecular flexibility index (Phi) is 4.20. The van der Waals surface area contributed by atoms with Crippen molar-refractivity contribution in [2.24, 2.45) is 0 Å². The van der Waals surface area contributed by atoms with E-state index in [1.165, 1.54) is 0 Å². The van der Waals surface area contributed by atoms with E-state index in [4.69, 9.17) is 13.3 Å². The van der Waals surface area contributed by atoms with Gasteiger partial charge in [-0.25, -0.2) is 0 Å². The van der Waals surface area contributed by atoms with Crippen molar-refractivity contribution >= 4 is 33.3 Å². The molecule has 0 aromatic carbocycles. The Morgan fingerprint density at radius 2 is 1.41 bits per heavy atom. The molecule has 0 aliphatic rings. The van der Waals surface area contributed by atoms with E-state index in [9.17, 15) is 4.79 Å². The van der Waals surface area contributed by atoms with Gasteiger partial charge in [0.25, 0.3) is 0 Å². The molecule has 0 atom stereocenters. The molecule has 5 heteroatoms. The second-order valence-electron chi connectivity index (χ2n) is 5.16. The van der Waals surface area contributed by atoms with Gasteiger partial charge in [-0.1, -0.05) is 0 Å². The van der Waals surface area contributed by atoms with E-state index in [1.54, 1.807) is 24.9 Å². The van der Waals surface area contributed by atoms with Crippen molar-refractivity contribution in [3.8, 4) is 0 Å². The molecule has 0 saturated heterocycles. The predicted octanol–water partition coefficient (Wildman–Crippen LogP) is 2.08. The Labute approximate surface area is 130 Å². The average molecular weight is 357 g/mol. The number of allylic oxidation sites excluding steroid dienone is 2. The molecular weight excluding hydrogens is 341 g/mol. The Balaban J connectivity index is 2.23. The van der Waals surface area contributed by atoms with Crippen molar-refractivity contribution in [2.75, 3.05) is 0 Å². The first-order valence-electron chi connectivity index (χ1n) is 7.00. The minimum absolute atomic E-state index is 0.702. The number of rotatable bonds is 6. The van der Waals surface area contributed by atoms with Gasteiger partial charge in [-0.05, 0) is 0 Å². The van der Waals surface area contributed by atoms with Gasteiger partial charge in [0.05, 0.1) is 0 Å². The monoisotopic (exact) mass is 358 g/mol. The summed E-state index contributed by atoms with van der Waals surface area (Å²) in [5.74, 6) is 0. The average Bonchev–Trinajstić information content (AvgIpc) is 3.28. The molecule has 0 spiro atoms. The Bertz CT molecular complexity index is 653. The Hall–Kier alpha value is -2.21. The zero-order valence-electron chi connectivity index (χ0n) is 12.2. The van der Waals surface area contributed by atoms with Crippen LogP contribution in [-0.4, -0.2) is 19.6 Å². The topological polar surface area (TPSA) is 56.5 Å². The van der Waals surface area contributed by atoms with E-state index >= 15 is 0 Å². The minimum atomic E-state index is -3.25. The van der Waals surface area contributed by atoms with E-state index in [-0.39, 0.29) is 0 Å². The summed E-state index contributed by atoms with van der Waals surface area (Å²) in [6.45, 7) is 1.95. The van der Waals surface area contributed by atoms with Crippen LogP contribution in [0.25, 0.3) is 0 Å². The molecule has 0 aliphatic carbocycles. The van der Waals surface area contributed by atoms with E-state index in [0.717, 1.165) is 25.6 Å². The SMILES string of the molecule is C/C(=C\C=O)[CH2][Ge]([c]1ccco1)([c]1ccco1)[c]1ccco1. The van der Waals surface area contributed by atoms with Gasteiger partial charge in [-0.3, -0.25) is 0 Å². The fraction of sp³-hybridized carbons (Fsp3) is 0.118. The van der Waals surface area contributed by atoms with Crippen LogP contribution in [0.4, 0.5) is 0 Å². The van der Waals surface area contributed by atoms with Crippen molar-refractivity contribution in [1.29, 1.82) is 0 Å². The van der Waals surface area contributed by atoms with Crippen LogP contribution in [0.15, 0.2) is 80.1 Å². The van der Waals surface area contributed by atoms with Crippen LogP contribution in [0.3, 0.4) is 0 Å². The molecular formula is C17H16GeO4. The van der Waals surface area contributed by atoms with Crippen LogP contribution in [0, 0.1) is 0 Å². The standard InChI is InChI=1S/C17H16GeO4/c1-14(8-9-19)13-18(15-5-2-10-20-15,16-6-3-11-21-16)17-7-4-12-22-17/h2-12H,13H2,1H3/b14-8+. The van der Waals surface area contributed by atoms with Gasteiger partial charge in [0, 0.05) is 0 Å². The Morgan fingerprint density at radius 1 is 0.955 bits per heavy atom. The summed E-state index contributed by atoms with van der Waals surface area (Å²) in [6.07, 6.45) is 7.41. The van der Waals surface area contributed by atoms with Gasteiger partial charge < -0.3 is 0 Å². The molecule has 0 radical (unpaired) electrons. The first-order valence-corrected chi connectivity index (χ1v) is 11.6. The maximum absolute atomic E-state index is 10.8. The van der Waals surface area contributed by atoms with Gasteiger partial charge in [0.2, 0.25) is 0 Å². The normalized spacial score (nSPS) is 12.5. The summed E-state index contributed by atoms with van der Waals surface area (Å²) < 4.78 is 20.0.